The lowest BCUT2D eigenvalue weighted by Crippen LogP contribution is -2.25. The third kappa shape index (κ3) is 2.72. The molecule has 0 saturated heterocycles. The van der Waals surface area contributed by atoms with Crippen LogP contribution in [0, 0.1) is 5.82 Å². The van der Waals surface area contributed by atoms with Crippen LogP contribution in [0.5, 0.6) is 0 Å². The number of carbonyl (C=O) groups excluding carboxylic acids is 1. The first-order valence-corrected chi connectivity index (χ1v) is 7.62. The number of benzene rings is 1. The van der Waals surface area contributed by atoms with E-state index in [0.717, 1.165) is 42.6 Å². The van der Waals surface area contributed by atoms with E-state index >= 15 is 0 Å². The summed E-state index contributed by atoms with van der Waals surface area (Å²) in [6.07, 6.45) is 3.45. The number of nitrogens with one attached hydrogen (secondary N) is 3. The molecule has 2 aromatic rings. The third-order valence-corrected chi connectivity index (χ3v) is 4.48. The van der Waals surface area contributed by atoms with Crippen LogP contribution < -0.4 is 10.6 Å². The standard InChI is InChI=1S/C16H17FN4O.ClH/c17-14-10-6-7-18-8-9(10)4-5-13(14)19-16(22)15-11-2-1-3-12(11)20-21-15;/h4-5,18H,1-3,6-8H2,(H,19,22)(H,20,21);1H. The lowest BCUT2D eigenvalue weighted by molar-refractivity contribution is 0.102. The second-order valence-corrected chi connectivity index (χ2v) is 5.83. The Bertz CT molecular complexity index is 759. The van der Waals surface area contributed by atoms with Gasteiger partial charge in [-0.3, -0.25) is 9.89 Å². The minimum absolute atomic E-state index is 0. The number of H-pyrrole nitrogens is 1. The van der Waals surface area contributed by atoms with Crippen LogP contribution in [0.1, 0.15) is 39.3 Å². The zero-order valence-electron chi connectivity index (χ0n) is 12.5. The van der Waals surface area contributed by atoms with Crippen LogP contribution >= 0.6 is 12.4 Å². The normalized spacial score (nSPS) is 15.5. The van der Waals surface area contributed by atoms with Crippen molar-refractivity contribution in [3.63, 3.8) is 0 Å². The first kappa shape index (κ1) is 16.0. The van der Waals surface area contributed by atoms with Crippen molar-refractivity contribution in [1.29, 1.82) is 0 Å². The molecular weight excluding hydrogens is 319 g/mol. The Morgan fingerprint density at radius 2 is 2.09 bits per heavy atom. The molecule has 7 heteroatoms. The van der Waals surface area contributed by atoms with Crippen molar-refractivity contribution in [3.8, 4) is 0 Å². The predicted molar refractivity (Wildman–Crippen MR) is 87.6 cm³/mol. The molecule has 0 fully saturated rings. The van der Waals surface area contributed by atoms with Crippen molar-refractivity contribution in [2.75, 3.05) is 11.9 Å². The molecule has 5 nitrogen and oxygen atoms in total. The summed E-state index contributed by atoms with van der Waals surface area (Å²) in [5.74, 6) is -0.660. The molecule has 1 aliphatic carbocycles. The van der Waals surface area contributed by atoms with E-state index in [1.807, 2.05) is 6.07 Å². The van der Waals surface area contributed by atoms with E-state index < -0.39 is 0 Å². The molecule has 1 amide bonds. The van der Waals surface area contributed by atoms with E-state index in [1.54, 1.807) is 6.07 Å². The Balaban J connectivity index is 0.00000156. The highest BCUT2D eigenvalue weighted by molar-refractivity contribution is 6.04. The fourth-order valence-corrected chi connectivity index (χ4v) is 3.32. The number of carbonyl (C=O) groups is 1. The Morgan fingerprint density at radius 3 is 2.96 bits per heavy atom. The Morgan fingerprint density at radius 1 is 1.22 bits per heavy atom. The van der Waals surface area contributed by atoms with Gasteiger partial charge in [-0.25, -0.2) is 4.39 Å². The van der Waals surface area contributed by atoms with E-state index in [0.29, 0.717) is 24.2 Å². The van der Waals surface area contributed by atoms with Crippen molar-refractivity contribution in [2.45, 2.75) is 32.2 Å². The highest BCUT2D eigenvalue weighted by Crippen LogP contribution is 2.27. The largest absolute Gasteiger partial charge is 0.318 e. The summed E-state index contributed by atoms with van der Waals surface area (Å²) in [7, 11) is 0. The molecule has 3 N–H and O–H groups in total. The average molecular weight is 337 g/mol. The van der Waals surface area contributed by atoms with Crippen molar-refractivity contribution >= 4 is 24.0 Å². The average Bonchev–Trinajstić information content (AvgIpc) is 3.13. The molecule has 1 aromatic heterocycles. The summed E-state index contributed by atoms with van der Waals surface area (Å²) in [4.78, 5) is 12.4. The highest BCUT2D eigenvalue weighted by atomic mass is 35.5. The van der Waals surface area contributed by atoms with Crippen molar-refractivity contribution < 1.29 is 9.18 Å². The van der Waals surface area contributed by atoms with Crippen LogP contribution in [0.2, 0.25) is 0 Å². The molecule has 0 unspecified atom stereocenters. The highest BCUT2D eigenvalue weighted by Gasteiger charge is 2.24. The minimum Gasteiger partial charge on any atom is -0.318 e. The smallest absolute Gasteiger partial charge is 0.276 e. The van der Waals surface area contributed by atoms with Gasteiger partial charge in [0.25, 0.3) is 5.91 Å². The zero-order valence-corrected chi connectivity index (χ0v) is 13.4. The maximum atomic E-state index is 14.6. The van der Waals surface area contributed by atoms with Crippen LogP contribution in [0.3, 0.4) is 0 Å². The van der Waals surface area contributed by atoms with E-state index in [4.69, 9.17) is 0 Å². The van der Waals surface area contributed by atoms with Crippen LogP contribution in [0.4, 0.5) is 10.1 Å². The second kappa shape index (κ2) is 6.29. The summed E-state index contributed by atoms with van der Waals surface area (Å²) in [6.45, 7) is 1.43. The van der Waals surface area contributed by atoms with E-state index in [-0.39, 0.29) is 29.8 Å². The molecule has 122 valence electrons. The molecule has 0 spiro atoms. The molecule has 1 aliphatic heterocycles. The number of nitrogens with zero attached hydrogens (tertiary/aromatic N) is 1. The van der Waals surface area contributed by atoms with Gasteiger partial charge in [0.1, 0.15) is 5.82 Å². The van der Waals surface area contributed by atoms with Gasteiger partial charge in [0, 0.05) is 17.8 Å². The van der Waals surface area contributed by atoms with Gasteiger partial charge < -0.3 is 10.6 Å². The quantitative estimate of drug-likeness (QED) is 0.788. The Kier molecular flexibility index (Phi) is 4.37. The van der Waals surface area contributed by atoms with Gasteiger partial charge in [-0.15, -0.1) is 12.4 Å². The molecule has 0 saturated carbocycles. The van der Waals surface area contributed by atoms with Gasteiger partial charge in [0.2, 0.25) is 0 Å². The third-order valence-electron chi connectivity index (χ3n) is 4.48. The van der Waals surface area contributed by atoms with Crippen LogP contribution in [0.15, 0.2) is 12.1 Å². The maximum absolute atomic E-state index is 14.6. The predicted octanol–water partition coefficient (Wildman–Crippen LogP) is 2.36. The summed E-state index contributed by atoms with van der Waals surface area (Å²) < 4.78 is 14.6. The summed E-state index contributed by atoms with van der Waals surface area (Å²) in [6, 6.07) is 3.50. The molecule has 0 atom stereocenters. The number of aromatic amines is 1. The van der Waals surface area contributed by atoms with Gasteiger partial charge in [0.05, 0.1) is 5.69 Å². The molecule has 2 aliphatic rings. The molecule has 0 radical (unpaired) electrons. The number of rotatable bonds is 2. The molecule has 2 heterocycles. The maximum Gasteiger partial charge on any atom is 0.276 e. The first-order chi connectivity index (χ1) is 10.7. The van der Waals surface area contributed by atoms with Gasteiger partial charge in [-0.2, -0.15) is 5.10 Å². The van der Waals surface area contributed by atoms with E-state index in [1.165, 1.54) is 0 Å². The Hall–Kier alpha value is -1.92. The first-order valence-electron chi connectivity index (χ1n) is 7.62. The molecule has 4 rings (SSSR count). The topological polar surface area (TPSA) is 69.8 Å². The number of amides is 1. The number of hydrogen-bond acceptors (Lipinski definition) is 3. The van der Waals surface area contributed by atoms with Gasteiger partial charge in [-0.1, -0.05) is 6.07 Å². The van der Waals surface area contributed by atoms with Crippen molar-refractivity contribution in [2.24, 2.45) is 0 Å². The van der Waals surface area contributed by atoms with Crippen molar-refractivity contribution in [3.05, 3.63) is 46.0 Å². The summed E-state index contributed by atoms with van der Waals surface area (Å²) >= 11 is 0. The van der Waals surface area contributed by atoms with Crippen LogP contribution in [-0.4, -0.2) is 22.6 Å². The number of aromatic nitrogens is 2. The number of fused-ring (bicyclic) bond motifs is 2. The number of aryl methyl sites for hydroxylation is 1. The van der Waals surface area contributed by atoms with Gasteiger partial charge >= 0.3 is 0 Å². The molecule has 23 heavy (non-hydrogen) atoms. The van der Waals surface area contributed by atoms with Crippen molar-refractivity contribution in [1.82, 2.24) is 15.5 Å². The summed E-state index contributed by atoms with van der Waals surface area (Å²) in [5.41, 5.74) is 4.29. The molecule has 0 bridgehead atoms. The van der Waals surface area contributed by atoms with Gasteiger partial charge in [-0.05, 0) is 49.4 Å². The number of anilines is 1. The lowest BCUT2D eigenvalue weighted by Gasteiger charge is -2.19. The zero-order chi connectivity index (χ0) is 15.1. The minimum atomic E-state index is -0.341. The molecule has 1 aromatic carbocycles. The number of hydrogen-bond donors (Lipinski definition) is 3. The Labute approximate surface area is 139 Å². The number of halogens is 2. The van der Waals surface area contributed by atoms with E-state index in [9.17, 15) is 9.18 Å². The SMILES string of the molecule is Cl.O=C(Nc1ccc2c(c1F)CCNC2)c1n[nH]c2c1CCC2. The van der Waals surface area contributed by atoms with Crippen LogP contribution in [0.25, 0.3) is 0 Å². The monoisotopic (exact) mass is 336 g/mol. The molecular formula is C16H18ClFN4O. The van der Waals surface area contributed by atoms with E-state index in [2.05, 4.69) is 20.8 Å². The fraction of sp³-hybridized carbons (Fsp3) is 0.375. The summed E-state index contributed by atoms with van der Waals surface area (Å²) in [5, 5.41) is 12.9. The second-order valence-electron chi connectivity index (χ2n) is 5.83. The van der Waals surface area contributed by atoms with Gasteiger partial charge in [0.15, 0.2) is 5.69 Å². The van der Waals surface area contributed by atoms with Crippen LogP contribution in [-0.2, 0) is 25.8 Å². The fourth-order valence-electron chi connectivity index (χ4n) is 3.32. The lowest BCUT2D eigenvalue weighted by atomic mass is 9.99.